The number of hydrogen-bond acceptors (Lipinski definition) is 2. The number of anilines is 1. The highest BCUT2D eigenvalue weighted by atomic mass is 35.5. The summed E-state index contributed by atoms with van der Waals surface area (Å²) in [7, 11) is 3.76. The lowest BCUT2D eigenvalue weighted by Crippen LogP contribution is -2.29. The zero-order valence-electron chi connectivity index (χ0n) is 12.3. The van der Waals surface area contributed by atoms with Gasteiger partial charge in [0.2, 0.25) is 0 Å². The molecule has 0 spiro atoms. The Morgan fingerprint density at radius 1 is 1.38 bits per heavy atom. The molecule has 0 aliphatic carbocycles. The van der Waals surface area contributed by atoms with E-state index in [-0.39, 0.29) is 11.6 Å². The van der Waals surface area contributed by atoms with Crippen LogP contribution in [-0.2, 0) is 12.1 Å². The van der Waals surface area contributed by atoms with Crippen molar-refractivity contribution in [2.45, 2.75) is 18.5 Å². The van der Waals surface area contributed by atoms with Crippen molar-refractivity contribution in [2.24, 2.45) is 5.92 Å². The number of alkyl halides is 4. The molecule has 2 rings (SSSR count). The van der Waals surface area contributed by atoms with E-state index in [0.717, 1.165) is 25.6 Å². The van der Waals surface area contributed by atoms with E-state index in [1.54, 1.807) is 18.0 Å². The Morgan fingerprint density at radius 3 is 2.62 bits per heavy atom. The summed E-state index contributed by atoms with van der Waals surface area (Å²) in [5.41, 5.74) is 0.113. The summed E-state index contributed by atoms with van der Waals surface area (Å²) in [5, 5.41) is 0. The molecule has 1 saturated heterocycles. The highest BCUT2D eigenvalue weighted by Gasteiger charge is 2.35. The topological polar surface area (TPSA) is 6.48 Å². The predicted molar refractivity (Wildman–Crippen MR) is 79.9 cm³/mol. The molecule has 0 bridgehead atoms. The third kappa shape index (κ3) is 4.04. The number of rotatable bonds is 4. The largest absolute Gasteiger partial charge is 0.418 e. The van der Waals surface area contributed by atoms with Crippen LogP contribution in [0, 0.1) is 5.92 Å². The molecule has 0 radical (unpaired) electrons. The van der Waals surface area contributed by atoms with E-state index in [1.165, 1.54) is 6.07 Å². The quantitative estimate of drug-likeness (QED) is 0.778. The van der Waals surface area contributed by atoms with Gasteiger partial charge in [0.25, 0.3) is 0 Å². The Labute approximate surface area is 128 Å². The number of hydrogen-bond donors (Lipinski definition) is 0. The Balaban J connectivity index is 2.21. The van der Waals surface area contributed by atoms with Crippen LogP contribution in [0.15, 0.2) is 18.2 Å². The molecule has 1 heterocycles. The summed E-state index contributed by atoms with van der Waals surface area (Å²) >= 11 is 5.65. The second-order valence-electron chi connectivity index (χ2n) is 5.78. The molecule has 118 valence electrons. The van der Waals surface area contributed by atoms with Crippen LogP contribution in [0.5, 0.6) is 0 Å². The molecule has 0 aromatic heterocycles. The first-order chi connectivity index (χ1) is 9.81. The zero-order chi connectivity index (χ0) is 15.6. The van der Waals surface area contributed by atoms with Gasteiger partial charge in [-0.1, -0.05) is 6.07 Å². The smallest absolute Gasteiger partial charge is 0.374 e. The molecule has 1 atom stereocenters. The molecule has 2 nitrogen and oxygen atoms in total. The van der Waals surface area contributed by atoms with Gasteiger partial charge >= 0.3 is 6.18 Å². The maximum Gasteiger partial charge on any atom is 0.418 e. The van der Waals surface area contributed by atoms with Gasteiger partial charge in [0.05, 0.1) is 5.56 Å². The normalized spacial score (nSPS) is 20.0. The zero-order valence-corrected chi connectivity index (χ0v) is 13.0. The van der Waals surface area contributed by atoms with Crippen molar-refractivity contribution in [1.82, 2.24) is 4.90 Å². The lowest BCUT2D eigenvalue weighted by Gasteiger charge is -2.26. The third-order valence-corrected chi connectivity index (χ3v) is 4.26. The van der Waals surface area contributed by atoms with Crippen molar-refractivity contribution >= 4 is 17.3 Å². The standard InChI is InChI=1S/C15H20ClF3N2/c1-20-6-5-12(9-20)10-21(2)14-4-3-11(8-16)7-13(14)15(17,18)19/h3-4,7,12H,5-6,8-10H2,1-2H3. The van der Waals surface area contributed by atoms with Crippen LogP contribution in [0.3, 0.4) is 0 Å². The van der Waals surface area contributed by atoms with Crippen molar-refractivity contribution < 1.29 is 13.2 Å². The molecule has 1 aliphatic heterocycles. The van der Waals surface area contributed by atoms with E-state index in [0.29, 0.717) is 18.0 Å². The Hall–Kier alpha value is -0.940. The van der Waals surface area contributed by atoms with Gasteiger partial charge in [0.1, 0.15) is 0 Å². The van der Waals surface area contributed by atoms with Crippen molar-refractivity contribution in [2.75, 3.05) is 38.6 Å². The predicted octanol–water partition coefficient (Wildman–Crippen LogP) is 3.83. The maximum atomic E-state index is 13.2. The van der Waals surface area contributed by atoms with E-state index >= 15 is 0 Å². The van der Waals surface area contributed by atoms with E-state index in [1.807, 2.05) is 7.05 Å². The first kappa shape index (κ1) is 16.4. The fraction of sp³-hybridized carbons (Fsp3) is 0.600. The molecular weight excluding hydrogens is 301 g/mol. The number of halogens is 4. The minimum absolute atomic E-state index is 0.0838. The van der Waals surface area contributed by atoms with Crippen LogP contribution in [0.1, 0.15) is 17.5 Å². The summed E-state index contributed by atoms with van der Waals surface area (Å²) in [6, 6.07) is 4.34. The van der Waals surface area contributed by atoms with Crippen LogP contribution in [0.25, 0.3) is 0 Å². The maximum absolute atomic E-state index is 13.2. The summed E-state index contributed by atoms with van der Waals surface area (Å²) < 4.78 is 39.7. The Bertz CT molecular complexity index is 490. The monoisotopic (exact) mass is 320 g/mol. The van der Waals surface area contributed by atoms with Crippen LogP contribution in [0.2, 0.25) is 0 Å². The average molecular weight is 321 g/mol. The fourth-order valence-corrected chi connectivity index (χ4v) is 3.05. The van der Waals surface area contributed by atoms with Gasteiger partial charge in [0, 0.05) is 31.7 Å². The van der Waals surface area contributed by atoms with Gasteiger partial charge < -0.3 is 9.80 Å². The molecule has 6 heteroatoms. The number of likely N-dealkylation sites (tertiary alicyclic amines) is 1. The van der Waals surface area contributed by atoms with Crippen molar-refractivity contribution in [3.8, 4) is 0 Å². The number of benzene rings is 1. The SMILES string of the molecule is CN1CCC(CN(C)c2ccc(CCl)cc2C(F)(F)F)C1. The molecule has 1 aromatic rings. The first-order valence-corrected chi connectivity index (χ1v) is 7.50. The minimum atomic E-state index is -4.36. The molecule has 1 fully saturated rings. The summed E-state index contributed by atoms with van der Waals surface area (Å²) in [6.07, 6.45) is -3.33. The van der Waals surface area contributed by atoms with Gasteiger partial charge in [-0.25, -0.2) is 0 Å². The van der Waals surface area contributed by atoms with Crippen molar-refractivity contribution in [3.63, 3.8) is 0 Å². The summed E-state index contributed by atoms with van der Waals surface area (Å²) in [4.78, 5) is 3.92. The highest BCUT2D eigenvalue weighted by molar-refractivity contribution is 6.17. The molecule has 21 heavy (non-hydrogen) atoms. The molecule has 1 aromatic carbocycles. The van der Waals surface area contributed by atoms with Gasteiger partial charge in [-0.05, 0) is 43.6 Å². The van der Waals surface area contributed by atoms with E-state index in [4.69, 9.17) is 11.6 Å². The number of nitrogens with zero attached hydrogens (tertiary/aromatic N) is 2. The van der Waals surface area contributed by atoms with Crippen molar-refractivity contribution in [3.05, 3.63) is 29.3 Å². The van der Waals surface area contributed by atoms with Crippen LogP contribution in [0.4, 0.5) is 18.9 Å². The lowest BCUT2D eigenvalue weighted by atomic mass is 10.1. The first-order valence-electron chi connectivity index (χ1n) is 6.97. The van der Waals surface area contributed by atoms with Crippen LogP contribution in [-0.4, -0.2) is 38.6 Å². The van der Waals surface area contributed by atoms with Crippen LogP contribution >= 0.6 is 11.6 Å². The molecule has 1 aliphatic rings. The Kier molecular flexibility index (Phi) is 5.04. The van der Waals surface area contributed by atoms with Crippen molar-refractivity contribution in [1.29, 1.82) is 0 Å². The van der Waals surface area contributed by atoms with E-state index in [2.05, 4.69) is 4.90 Å². The molecule has 1 unspecified atom stereocenters. The highest BCUT2D eigenvalue weighted by Crippen LogP contribution is 2.37. The fourth-order valence-electron chi connectivity index (χ4n) is 2.89. The minimum Gasteiger partial charge on any atom is -0.374 e. The van der Waals surface area contributed by atoms with Gasteiger partial charge in [-0.2, -0.15) is 13.2 Å². The molecule has 0 amide bonds. The second-order valence-corrected chi connectivity index (χ2v) is 6.05. The second kappa shape index (κ2) is 6.44. The molecule has 0 N–H and O–H groups in total. The van der Waals surface area contributed by atoms with Crippen LogP contribution < -0.4 is 4.90 Å². The summed E-state index contributed by atoms with van der Waals surface area (Å²) in [6.45, 7) is 2.58. The van der Waals surface area contributed by atoms with Gasteiger partial charge in [-0.3, -0.25) is 0 Å². The van der Waals surface area contributed by atoms with E-state index in [9.17, 15) is 13.2 Å². The van der Waals surface area contributed by atoms with E-state index < -0.39 is 11.7 Å². The third-order valence-electron chi connectivity index (χ3n) is 3.95. The molecular formula is C15H20ClF3N2. The molecule has 0 saturated carbocycles. The van der Waals surface area contributed by atoms with Gasteiger partial charge in [0.15, 0.2) is 0 Å². The van der Waals surface area contributed by atoms with Gasteiger partial charge in [-0.15, -0.1) is 11.6 Å². The Morgan fingerprint density at radius 2 is 2.10 bits per heavy atom. The average Bonchev–Trinajstić information content (AvgIpc) is 2.82. The lowest BCUT2D eigenvalue weighted by molar-refractivity contribution is -0.137. The summed E-state index contributed by atoms with van der Waals surface area (Å²) in [5.74, 6) is 0.495.